The number of likely N-dealkylation sites (N-methyl/N-ethyl adjacent to an activating group) is 1. The van der Waals surface area contributed by atoms with Gasteiger partial charge in [-0.3, -0.25) is 4.90 Å². The Bertz CT molecular complexity index is 155. The van der Waals surface area contributed by atoms with Crippen molar-refractivity contribution < 1.29 is 9.78 Å². The molecule has 70 valence electrons. The van der Waals surface area contributed by atoms with Gasteiger partial charge in [0.05, 0.1) is 0 Å². The fourth-order valence-electron chi connectivity index (χ4n) is 2.40. The first-order valence-electron chi connectivity index (χ1n) is 4.87. The van der Waals surface area contributed by atoms with Crippen LogP contribution in [-0.4, -0.2) is 30.3 Å². The maximum Gasteiger partial charge on any atom is 0.136 e. The standard InChI is InChI=1S/C9H17NO2/c1-2-10-8-12-11-7-9(10)5-3-4-6-9/h2-8H2,1H3. The van der Waals surface area contributed by atoms with Crippen LogP contribution in [0.4, 0.5) is 0 Å². The molecule has 0 N–H and O–H groups in total. The summed E-state index contributed by atoms with van der Waals surface area (Å²) in [6.45, 7) is 4.68. The second-order valence-corrected chi connectivity index (χ2v) is 3.80. The second kappa shape index (κ2) is 3.32. The van der Waals surface area contributed by atoms with Gasteiger partial charge in [0.1, 0.15) is 13.3 Å². The Morgan fingerprint density at radius 2 is 2.00 bits per heavy atom. The van der Waals surface area contributed by atoms with Crippen LogP contribution in [0.15, 0.2) is 0 Å². The third-order valence-corrected chi connectivity index (χ3v) is 3.21. The van der Waals surface area contributed by atoms with Crippen LogP contribution in [-0.2, 0) is 9.78 Å². The smallest absolute Gasteiger partial charge is 0.136 e. The number of nitrogens with zero attached hydrogens (tertiary/aromatic N) is 1. The molecule has 0 aromatic heterocycles. The van der Waals surface area contributed by atoms with Crippen LogP contribution in [0.25, 0.3) is 0 Å². The van der Waals surface area contributed by atoms with Gasteiger partial charge in [-0.2, -0.15) is 0 Å². The van der Waals surface area contributed by atoms with Crippen molar-refractivity contribution in [1.82, 2.24) is 4.90 Å². The third-order valence-electron chi connectivity index (χ3n) is 3.21. The lowest BCUT2D eigenvalue weighted by Gasteiger charge is -2.42. The van der Waals surface area contributed by atoms with Crippen LogP contribution >= 0.6 is 0 Å². The molecule has 0 aromatic carbocycles. The van der Waals surface area contributed by atoms with E-state index >= 15 is 0 Å². The summed E-state index contributed by atoms with van der Waals surface area (Å²) in [5, 5.41) is 0. The summed E-state index contributed by atoms with van der Waals surface area (Å²) in [6, 6.07) is 0. The molecule has 12 heavy (non-hydrogen) atoms. The van der Waals surface area contributed by atoms with E-state index in [1.807, 2.05) is 0 Å². The van der Waals surface area contributed by atoms with Crippen LogP contribution in [0.2, 0.25) is 0 Å². The van der Waals surface area contributed by atoms with E-state index in [1.54, 1.807) is 0 Å². The van der Waals surface area contributed by atoms with Gasteiger partial charge in [-0.25, -0.2) is 9.78 Å². The molecule has 0 atom stereocenters. The highest BCUT2D eigenvalue weighted by atomic mass is 17.2. The Kier molecular flexibility index (Phi) is 2.35. The van der Waals surface area contributed by atoms with Crippen molar-refractivity contribution in [2.45, 2.75) is 38.1 Å². The quantitative estimate of drug-likeness (QED) is 0.559. The van der Waals surface area contributed by atoms with Gasteiger partial charge in [0.15, 0.2) is 0 Å². The van der Waals surface area contributed by atoms with E-state index in [4.69, 9.17) is 9.78 Å². The van der Waals surface area contributed by atoms with E-state index in [2.05, 4.69) is 11.8 Å². The van der Waals surface area contributed by atoms with E-state index in [9.17, 15) is 0 Å². The summed E-state index contributed by atoms with van der Waals surface area (Å²) in [5.74, 6) is 0. The topological polar surface area (TPSA) is 21.7 Å². The largest absolute Gasteiger partial charge is 0.270 e. The monoisotopic (exact) mass is 171 g/mol. The molecule has 0 bridgehead atoms. The van der Waals surface area contributed by atoms with Gasteiger partial charge in [0, 0.05) is 5.54 Å². The summed E-state index contributed by atoms with van der Waals surface area (Å²) in [6.07, 6.45) is 5.26. The molecule has 2 fully saturated rings. The van der Waals surface area contributed by atoms with Crippen LogP contribution in [0.3, 0.4) is 0 Å². The predicted octanol–water partition coefficient (Wildman–Crippen LogP) is 1.54. The minimum atomic E-state index is 0.326. The fraction of sp³-hybridized carbons (Fsp3) is 1.00. The highest BCUT2D eigenvalue weighted by molar-refractivity contribution is 4.94. The zero-order valence-corrected chi connectivity index (χ0v) is 7.71. The van der Waals surface area contributed by atoms with Crippen LogP contribution in [0, 0.1) is 0 Å². The first-order chi connectivity index (χ1) is 5.87. The Labute approximate surface area is 73.6 Å². The average molecular weight is 171 g/mol. The highest BCUT2D eigenvalue weighted by Gasteiger charge is 2.41. The van der Waals surface area contributed by atoms with E-state index < -0.39 is 0 Å². The third kappa shape index (κ3) is 1.26. The number of hydrogen-bond acceptors (Lipinski definition) is 3. The molecule has 2 aliphatic rings. The van der Waals surface area contributed by atoms with Gasteiger partial charge >= 0.3 is 0 Å². The van der Waals surface area contributed by atoms with Crippen LogP contribution in [0.1, 0.15) is 32.6 Å². The Hall–Kier alpha value is -0.120. The Morgan fingerprint density at radius 1 is 1.25 bits per heavy atom. The fourth-order valence-corrected chi connectivity index (χ4v) is 2.40. The first-order valence-corrected chi connectivity index (χ1v) is 4.87. The van der Waals surface area contributed by atoms with Gasteiger partial charge in [0.25, 0.3) is 0 Å². The van der Waals surface area contributed by atoms with Crippen LogP contribution < -0.4 is 0 Å². The second-order valence-electron chi connectivity index (χ2n) is 3.80. The highest BCUT2D eigenvalue weighted by Crippen LogP contribution is 2.37. The molecule has 1 heterocycles. The number of rotatable bonds is 1. The molecular formula is C9H17NO2. The molecule has 1 aliphatic heterocycles. The molecule has 2 rings (SSSR count). The molecule has 1 spiro atoms. The van der Waals surface area contributed by atoms with Crippen molar-refractivity contribution in [1.29, 1.82) is 0 Å². The van der Waals surface area contributed by atoms with Gasteiger partial charge in [-0.15, -0.1) is 0 Å². The lowest BCUT2D eigenvalue weighted by atomic mass is 9.96. The van der Waals surface area contributed by atoms with E-state index in [0.717, 1.165) is 13.2 Å². The van der Waals surface area contributed by atoms with Gasteiger partial charge < -0.3 is 0 Å². The van der Waals surface area contributed by atoms with Crippen molar-refractivity contribution in [3.63, 3.8) is 0 Å². The zero-order chi connectivity index (χ0) is 8.44. The predicted molar refractivity (Wildman–Crippen MR) is 45.5 cm³/mol. The summed E-state index contributed by atoms with van der Waals surface area (Å²) in [7, 11) is 0. The zero-order valence-electron chi connectivity index (χ0n) is 7.71. The maximum atomic E-state index is 5.10. The lowest BCUT2D eigenvalue weighted by molar-refractivity contribution is -0.370. The normalized spacial score (nSPS) is 29.8. The Morgan fingerprint density at radius 3 is 2.67 bits per heavy atom. The molecule has 3 nitrogen and oxygen atoms in total. The van der Waals surface area contributed by atoms with Gasteiger partial charge in [0.2, 0.25) is 0 Å². The molecule has 0 radical (unpaired) electrons. The number of hydrogen-bond donors (Lipinski definition) is 0. The molecular weight excluding hydrogens is 154 g/mol. The maximum absolute atomic E-state index is 5.10. The molecule has 1 saturated carbocycles. The van der Waals surface area contributed by atoms with Gasteiger partial charge in [-0.1, -0.05) is 19.8 Å². The van der Waals surface area contributed by atoms with E-state index in [-0.39, 0.29) is 0 Å². The lowest BCUT2D eigenvalue weighted by Crippen LogP contribution is -2.54. The average Bonchev–Trinajstić information content (AvgIpc) is 2.55. The van der Waals surface area contributed by atoms with E-state index in [0.29, 0.717) is 12.3 Å². The molecule has 0 unspecified atom stereocenters. The summed E-state index contributed by atoms with van der Waals surface area (Å²) < 4.78 is 0. The van der Waals surface area contributed by atoms with Crippen molar-refractivity contribution in [2.24, 2.45) is 0 Å². The van der Waals surface area contributed by atoms with Crippen molar-refractivity contribution in [2.75, 3.05) is 19.9 Å². The molecule has 0 amide bonds. The summed E-state index contributed by atoms with van der Waals surface area (Å²) >= 11 is 0. The minimum Gasteiger partial charge on any atom is -0.270 e. The molecule has 1 saturated heterocycles. The van der Waals surface area contributed by atoms with Gasteiger partial charge in [-0.05, 0) is 19.4 Å². The molecule has 0 aromatic rings. The first kappa shape index (κ1) is 8.48. The van der Waals surface area contributed by atoms with Crippen LogP contribution in [0.5, 0.6) is 0 Å². The SMILES string of the molecule is CCN1COOCC12CCCC2. The minimum absolute atomic E-state index is 0.326. The molecule has 3 heteroatoms. The van der Waals surface area contributed by atoms with E-state index in [1.165, 1.54) is 25.7 Å². The van der Waals surface area contributed by atoms with Crippen molar-refractivity contribution in [3.05, 3.63) is 0 Å². The van der Waals surface area contributed by atoms with Crippen molar-refractivity contribution >= 4 is 0 Å². The Balaban J connectivity index is 2.07. The summed E-state index contributed by atoms with van der Waals surface area (Å²) in [4.78, 5) is 12.5. The molecule has 1 aliphatic carbocycles. The summed E-state index contributed by atoms with van der Waals surface area (Å²) in [5.41, 5.74) is 0.326. The van der Waals surface area contributed by atoms with Crippen molar-refractivity contribution in [3.8, 4) is 0 Å².